The van der Waals surface area contributed by atoms with Crippen LogP contribution in [0.25, 0.3) is 21.2 Å². The van der Waals surface area contributed by atoms with Gasteiger partial charge >= 0.3 is 0 Å². The lowest BCUT2D eigenvalue weighted by Gasteiger charge is -2.21. The summed E-state index contributed by atoms with van der Waals surface area (Å²) >= 11 is 6.07. The Morgan fingerprint density at radius 2 is 2.15 bits per heavy atom. The van der Waals surface area contributed by atoms with Gasteiger partial charge in [-0.3, -0.25) is 4.79 Å². The van der Waals surface area contributed by atoms with Crippen molar-refractivity contribution in [1.82, 2.24) is 14.9 Å². The fourth-order valence-electron chi connectivity index (χ4n) is 3.11. The highest BCUT2D eigenvalue weighted by Gasteiger charge is 2.44. The van der Waals surface area contributed by atoms with Gasteiger partial charge in [0.25, 0.3) is 0 Å². The highest BCUT2D eigenvalue weighted by molar-refractivity contribution is 6.30. The lowest BCUT2D eigenvalue weighted by Crippen LogP contribution is -2.24. The second-order valence-electron chi connectivity index (χ2n) is 7.42. The summed E-state index contributed by atoms with van der Waals surface area (Å²) in [5, 5.41) is 5.65. The number of nitrogens with zero attached hydrogens (tertiary/aromatic N) is 6. The van der Waals surface area contributed by atoms with Gasteiger partial charge < -0.3 is 9.64 Å². The van der Waals surface area contributed by atoms with Crippen LogP contribution in [-0.4, -0.2) is 41.5 Å². The third-order valence-electron chi connectivity index (χ3n) is 4.77. The molecule has 2 unspecified atom stereocenters. The van der Waals surface area contributed by atoms with Crippen molar-refractivity contribution >= 4 is 28.3 Å². The van der Waals surface area contributed by atoms with Gasteiger partial charge in [-0.1, -0.05) is 30.6 Å². The minimum Gasteiger partial charge on any atom is -0.477 e. The zero-order chi connectivity index (χ0) is 19.8. The van der Waals surface area contributed by atoms with Crippen molar-refractivity contribution in [3.05, 3.63) is 39.6 Å². The largest absolute Gasteiger partial charge is 0.477 e. The lowest BCUT2D eigenvalue weighted by atomic mass is 9.93. The van der Waals surface area contributed by atoms with Crippen LogP contribution in [-0.2, 0) is 10.3 Å². The molecule has 0 aromatic carbocycles. The summed E-state index contributed by atoms with van der Waals surface area (Å²) in [4.78, 5) is 25.0. The molecule has 27 heavy (non-hydrogen) atoms. The van der Waals surface area contributed by atoms with Crippen molar-refractivity contribution in [2.45, 2.75) is 25.8 Å². The molecule has 1 saturated carbocycles. The van der Waals surface area contributed by atoms with E-state index in [1.807, 2.05) is 0 Å². The van der Waals surface area contributed by atoms with Crippen molar-refractivity contribution in [2.75, 3.05) is 20.7 Å². The van der Waals surface area contributed by atoms with E-state index >= 15 is 0 Å². The summed E-state index contributed by atoms with van der Waals surface area (Å²) in [6, 6.07) is 1.71. The molecule has 1 amide bonds. The summed E-state index contributed by atoms with van der Waals surface area (Å²) in [5.74, 6) is 0.761. The van der Waals surface area contributed by atoms with Crippen molar-refractivity contribution < 1.29 is 9.53 Å². The molecular formula is C18H21ClN6O2. The molecule has 1 fully saturated rings. The zero-order valence-corrected chi connectivity index (χ0v) is 16.4. The maximum atomic E-state index is 12.0. The summed E-state index contributed by atoms with van der Waals surface area (Å²) < 4.78 is 5.90. The van der Waals surface area contributed by atoms with Crippen molar-refractivity contribution in [2.24, 2.45) is 17.0 Å². The number of hydrogen-bond acceptors (Lipinski definition) is 5. The maximum Gasteiger partial charge on any atom is 0.225 e. The van der Waals surface area contributed by atoms with Gasteiger partial charge in [-0.15, -0.1) is 0 Å². The number of carbonyl (C=O) groups is 1. The quantitative estimate of drug-likeness (QED) is 0.323. The molecule has 3 rings (SSSR count). The van der Waals surface area contributed by atoms with Gasteiger partial charge in [0.2, 0.25) is 11.8 Å². The molecule has 1 aliphatic rings. The Hall–Kier alpha value is -2.57. The predicted molar refractivity (Wildman–Crippen MR) is 103 cm³/mol. The fourth-order valence-corrected chi connectivity index (χ4v) is 3.26. The molecule has 0 saturated heterocycles. The number of amides is 1. The number of azide groups is 1. The smallest absolute Gasteiger partial charge is 0.225 e. The Bertz CT molecular complexity index is 939. The standard InChI is InChI=1S/C18H21ClN6O2/c1-18(2,23-24-20)14-8-22-16(13-7-21-15(19)6-12(13)14)27-9-10-5-11(10)17(26)25(3)4/h6-8,10-11H,5,9H2,1-4H3. The third-order valence-corrected chi connectivity index (χ3v) is 4.98. The molecule has 2 aromatic heterocycles. The second kappa shape index (κ2) is 7.21. The monoisotopic (exact) mass is 388 g/mol. The van der Waals surface area contributed by atoms with Crippen LogP contribution in [0.15, 0.2) is 23.6 Å². The average molecular weight is 389 g/mol. The van der Waals surface area contributed by atoms with E-state index in [0.29, 0.717) is 23.0 Å². The van der Waals surface area contributed by atoms with Gasteiger partial charge in [0.15, 0.2) is 0 Å². The Labute approximate surface area is 162 Å². The van der Waals surface area contributed by atoms with Crippen molar-refractivity contribution in [3.8, 4) is 5.88 Å². The lowest BCUT2D eigenvalue weighted by molar-refractivity contribution is -0.130. The van der Waals surface area contributed by atoms with E-state index in [2.05, 4.69) is 20.0 Å². The van der Waals surface area contributed by atoms with Crippen LogP contribution >= 0.6 is 11.6 Å². The number of pyridine rings is 2. The number of halogens is 1. The fraction of sp³-hybridized carbons (Fsp3) is 0.500. The molecular weight excluding hydrogens is 368 g/mol. The molecule has 0 bridgehead atoms. The number of rotatable bonds is 6. The second-order valence-corrected chi connectivity index (χ2v) is 7.81. The van der Waals surface area contributed by atoms with Crippen LogP contribution in [0.4, 0.5) is 0 Å². The Kier molecular flexibility index (Phi) is 5.13. The van der Waals surface area contributed by atoms with E-state index in [-0.39, 0.29) is 17.7 Å². The molecule has 2 heterocycles. The van der Waals surface area contributed by atoms with Gasteiger partial charge in [0.1, 0.15) is 5.15 Å². The molecule has 142 valence electrons. The first-order chi connectivity index (χ1) is 12.7. The van der Waals surface area contributed by atoms with E-state index in [1.165, 1.54) is 0 Å². The minimum absolute atomic E-state index is 0.0157. The van der Waals surface area contributed by atoms with Gasteiger partial charge in [-0.2, -0.15) is 0 Å². The highest BCUT2D eigenvalue weighted by Crippen LogP contribution is 2.41. The normalized spacial score (nSPS) is 18.7. The predicted octanol–water partition coefficient (Wildman–Crippen LogP) is 3.93. The van der Waals surface area contributed by atoms with E-state index in [0.717, 1.165) is 17.4 Å². The van der Waals surface area contributed by atoms with Crippen LogP contribution in [0.1, 0.15) is 25.8 Å². The number of hydrogen-bond donors (Lipinski definition) is 0. The molecule has 2 atom stereocenters. The highest BCUT2D eigenvalue weighted by atomic mass is 35.5. The van der Waals surface area contributed by atoms with E-state index in [4.69, 9.17) is 21.9 Å². The molecule has 0 N–H and O–H groups in total. The van der Waals surface area contributed by atoms with Gasteiger partial charge in [0.05, 0.1) is 17.5 Å². The molecule has 9 heteroatoms. The summed E-state index contributed by atoms with van der Waals surface area (Å²) in [6.07, 6.45) is 4.06. The minimum atomic E-state index is -0.803. The molecule has 0 spiro atoms. The van der Waals surface area contributed by atoms with Crippen LogP contribution in [0, 0.1) is 11.8 Å². The van der Waals surface area contributed by atoms with Crippen LogP contribution in [0.3, 0.4) is 0 Å². The molecule has 0 radical (unpaired) electrons. The maximum absolute atomic E-state index is 12.0. The van der Waals surface area contributed by atoms with E-state index in [1.54, 1.807) is 51.3 Å². The van der Waals surface area contributed by atoms with E-state index in [9.17, 15) is 4.79 Å². The number of fused-ring (bicyclic) bond motifs is 1. The first-order valence-corrected chi connectivity index (χ1v) is 8.97. The number of aromatic nitrogens is 2. The number of carbonyl (C=O) groups excluding carboxylic acids is 1. The first-order valence-electron chi connectivity index (χ1n) is 8.59. The van der Waals surface area contributed by atoms with Crippen molar-refractivity contribution in [1.29, 1.82) is 0 Å². The summed E-state index contributed by atoms with van der Waals surface area (Å²) in [7, 11) is 3.51. The van der Waals surface area contributed by atoms with Crippen molar-refractivity contribution in [3.63, 3.8) is 0 Å². The Morgan fingerprint density at radius 1 is 1.41 bits per heavy atom. The van der Waals surface area contributed by atoms with Crippen LogP contribution in [0.5, 0.6) is 5.88 Å². The summed E-state index contributed by atoms with van der Waals surface area (Å²) in [5.41, 5.74) is 8.78. The summed E-state index contributed by atoms with van der Waals surface area (Å²) in [6.45, 7) is 4.02. The topological polar surface area (TPSA) is 104 Å². The number of ether oxygens (including phenoxy) is 1. The first kappa shape index (κ1) is 19.2. The molecule has 1 aliphatic carbocycles. The zero-order valence-electron chi connectivity index (χ0n) is 15.7. The van der Waals surface area contributed by atoms with Crippen LogP contribution < -0.4 is 4.74 Å². The Balaban J connectivity index is 1.88. The SMILES string of the molecule is CN(C)C(=O)C1CC1COc1ncc(C(C)(C)N=[N+]=[N-])c2cc(Cl)ncc12. The molecule has 0 aliphatic heterocycles. The van der Waals surface area contributed by atoms with Gasteiger partial charge in [-0.25, -0.2) is 9.97 Å². The van der Waals surface area contributed by atoms with Crippen LogP contribution in [0.2, 0.25) is 5.15 Å². The van der Waals surface area contributed by atoms with Gasteiger partial charge in [0, 0.05) is 43.2 Å². The molecule has 2 aromatic rings. The van der Waals surface area contributed by atoms with Gasteiger partial charge in [-0.05, 0) is 29.0 Å². The third kappa shape index (κ3) is 3.91. The molecule has 8 nitrogen and oxygen atoms in total. The average Bonchev–Trinajstić information content (AvgIpc) is 3.37. The van der Waals surface area contributed by atoms with E-state index < -0.39 is 5.54 Å². The Morgan fingerprint density at radius 3 is 2.81 bits per heavy atom.